The molecule has 3 saturated carbocycles. The van der Waals surface area contributed by atoms with Crippen LogP contribution in [0.1, 0.15) is 66.2 Å². The molecule has 0 aliphatic heterocycles. The van der Waals surface area contributed by atoms with Gasteiger partial charge in [0.2, 0.25) is 0 Å². The molecule has 0 aromatic carbocycles. The number of rotatable bonds is 2. The number of aliphatic hydroxyl groups is 2. The second kappa shape index (κ2) is 5.81. The third-order valence-electron chi connectivity index (χ3n) is 8.99. The van der Waals surface area contributed by atoms with Gasteiger partial charge in [0.05, 0.1) is 12.7 Å². The maximum Gasteiger partial charge on any atom is 0.302 e. The number of carbonyl (C=O) groups excluding carboxylic acids is 1. The van der Waals surface area contributed by atoms with Crippen molar-refractivity contribution in [2.75, 3.05) is 6.61 Å². The van der Waals surface area contributed by atoms with E-state index in [-0.39, 0.29) is 41.5 Å². The van der Waals surface area contributed by atoms with Crippen molar-refractivity contribution in [1.29, 1.82) is 0 Å². The first-order chi connectivity index (χ1) is 12.2. The smallest absolute Gasteiger partial charge is 0.302 e. The Morgan fingerprint density at radius 2 is 2.00 bits per heavy atom. The lowest BCUT2D eigenvalue weighted by molar-refractivity contribution is -0.228. The second-order valence-electron chi connectivity index (χ2n) is 10.1. The summed E-state index contributed by atoms with van der Waals surface area (Å²) in [6, 6.07) is 0. The van der Waals surface area contributed by atoms with Crippen LogP contribution >= 0.6 is 0 Å². The van der Waals surface area contributed by atoms with Gasteiger partial charge in [0, 0.05) is 17.8 Å². The highest BCUT2D eigenvalue weighted by molar-refractivity contribution is 5.66. The van der Waals surface area contributed by atoms with Crippen LogP contribution in [0.25, 0.3) is 0 Å². The molecular formula is C22H34O4. The normalized spacial score (nSPS) is 52.7. The Bertz CT molecular complexity index is 642. The first-order valence-electron chi connectivity index (χ1n) is 10.3. The lowest BCUT2D eigenvalue weighted by atomic mass is 9.40. The van der Waals surface area contributed by atoms with Crippen molar-refractivity contribution >= 4 is 5.97 Å². The molecule has 146 valence electrons. The quantitative estimate of drug-likeness (QED) is 0.583. The fourth-order valence-electron chi connectivity index (χ4n) is 7.73. The molecule has 4 aliphatic rings. The zero-order chi connectivity index (χ0) is 18.9. The molecule has 0 heterocycles. The van der Waals surface area contributed by atoms with Crippen LogP contribution in [0.5, 0.6) is 0 Å². The second-order valence-corrected chi connectivity index (χ2v) is 10.1. The van der Waals surface area contributed by atoms with Crippen LogP contribution in [-0.4, -0.2) is 35.0 Å². The summed E-state index contributed by atoms with van der Waals surface area (Å²) in [5.41, 5.74) is 0.963. The molecular weight excluding hydrogens is 328 g/mol. The van der Waals surface area contributed by atoms with Crippen molar-refractivity contribution in [1.82, 2.24) is 0 Å². The molecule has 8 atom stereocenters. The molecule has 4 heteroatoms. The Morgan fingerprint density at radius 1 is 1.27 bits per heavy atom. The molecule has 0 amide bonds. The first kappa shape index (κ1) is 18.5. The van der Waals surface area contributed by atoms with E-state index in [4.69, 9.17) is 4.74 Å². The molecule has 2 bridgehead atoms. The highest BCUT2D eigenvalue weighted by Gasteiger charge is 2.67. The van der Waals surface area contributed by atoms with E-state index in [2.05, 4.69) is 26.8 Å². The largest absolute Gasteiger partial charge is 0.462 e. The van der Waals surface area contributed by atoms with Gasteiger partial charge < -0.3 is 14.9 Å². The zero-order valence-electron chi connectivity index (χ0n) is 16.6. The highest BCUT2D eigenvalue weighted by atomic mass is 16.5. The Balaban J connectivity index is 1.75. The zero-order valence-corrected chi connectivity index (χ0v) is 16.6. The predicted octanol–water partition coefficient (Wildman–Crippen LogP) is 3.46. The molecule has 0 saturated heterocycles. The van der Waals surface area contributed by atoms with E-state index < -0.39 is 5.41 Å². The Kier molecular flexibility index (Phi) is 4.13. The minimum atomic E-state index is -0.491. The number of hydrogen-bond acceptors (Lipinski definition) is 4. The molecule has 8 unspecified atom stereocenters. The van der Waals surface area contributed by atoms with Gasteiger partial charge in [-0.3, -0.25) is 4.79 Å². The molecule has 0 aromatic heterocycles. The summed E-state index contributed by atoms with van der Waals surface area (Å²) in [6.45, 7) is 8.13. The Hall–Kier alpha value is -0.870. The average Bonchev–Trinajstić information content (AvgIpc) is 2.84. The number of hydrogen-bond donors (Lipinski definition) is 2. The van der Waals surface area contributed by atoms with Gasteiger partial charge in [0.1, 0.15) is 6.10 Å². The van der Waals surface area contributed by atoms with Crippen molar-refractivity contribution < 1.29 is 19.7 Å². The fourth-order valence-corrected chi connectivity index (χ4v) is 7.73. The van der Waals surface area contributed by atoms with E-state index in [1.807, 2.05) is 0 Å². The van der Waals surface area contributed by atoms with Gasteiger partial charge in [-0.05, 0) is 68.6 Å². The van der Waals surface area contributed by atoms with Crippen molar-refractivity contribution in [2.45, 2.75) is 78.4 Å². The number of aliphatic hydroxyl groups excluding tert-OH is 2. The summed E-state index contributed by atoms with van der Waals surface area (Å²) in [5, 5.41) is 21.7. The standard InChI is InChI=1S/C22H34O4/c1-13-10-22-11-15(13)5-6-16(22)20(3)8-7-19(26-14(2)24)21(4,12-23)17(20)9-18(22)25/h10,15-19,23,25H,5-9,11-12H2,1-4H3. The molecule has 0 radical (unpaired) electrons. The summed E-state index contributed by atoms with van der Waals surface area (Å²) in [7, 11) is 0. The molecule has 1 spiro atoms. The Labute approximate surface area is 157 Å². The lowest BCUT2D eigenvalue weighted by Gasteiger charge is -2.66. The number of carbonyl (C=O) groups is 1. The SMILES string of the molecule is CC(=O)OC1CCC2(C)C(CC(O)C34C=C(C)C(CCC23)C4)C1(C)CO. The maximum atomic E-state index is 11.6. The van der Waals surface area contributed by atoms with Gasteiger partial charge >= 0.3 is 5.97 Å². The topological polar surface area (TPSA) is 66.8 Å². The van der Waals surface area contributed by atoms with Crippen LogP contribution in [-0.2, 0) is 9.53 Å². The Morgan fingerprint density at radius 3 is 2.65 bits per heavy atom. The van der Waals surface area contributed by atoms with Gasteiger partial charge in [-0.15, -0.1) is 0 Å². The van der Waals surface area contributed by atoms with Gasteiger partial charge in [-0.2, -0.15) is 0 Å². The lowest BCUT2D eigenvalue weighted by Crippen LogP contribution is -2.65. The average molecular weight is 363 g/mol. The predicted molar refractivity (Wildman–Crippen MR) is 99.2 cm³/mol. The summed E-state index contributed by atoms with van der Waals surface area (Å²) in [6.07, 6.45) is 7.74. The first-order valence-corrected chi connectivity index (χ1v) is 10.3. The molecule has 2 N–H and O–H groups in total. The van der Waals surface area contributed by atoms with Crippen LogP contribution in [0.15, 0.2) is 11.6 Å². The van der Waals surface area contributed by atoms with E-state index in [9.17, 15) is 15.0 Å². The van der Waals surface area contributed by atoms with Crippen molar-refractivity contribution in [3.05, 3.63) is 11.6 Å². The van der Waals surface area contributed by atoms with E-state index in [1.165, 1.54) is 18.9 Å². The number of esters is 1. The van der Waals surface area contributed by atoms with Gasteiger partial charge in [0.25, 0.3) is 0 Å². The van der Waals surface area contributed by atoms with E-state index >= 15 is 0 Å². The molecule has 4 rings (SSSR count). The molecule has 3 fully saturated rings. The monoisotopic (exact) mass is 362 g/mol. The third-order valence-corrected chi connectivity index (χ3v) is 8.99. The maximum absolute atomic E-state index is 11.6. The van der Waals surface area contributed by atoms with Crippen molar-refractivity contribution in [3.8, 4) is 0 Å². The molecule has 26 heavy (non-hydrogen) atoms. The highest BCUT2D eigenvalue weighted by Crippen LogP contribution is 2.70. The molecule has 4 nitrogen and oxygen atoms in total. The van der Waals surface area contributed by atoms with Gasteiger partial charge in [0.15, 0.2) is 0 Å². The number of allylic oxidation sites excluding steroid dienone is 1. The minimum Gasteiger partial charge on any atom is -0.462 e. The summed E-state index contributed by atoms with van der Waals surface area (Å²) < 4.78 is 5.65. The van der Waals surface area contributed by atoms with Crippen LogP contribution < -0.4 is 0 Å². The summed E-state index contributed by atoms with van der Waals surface area (Å²) in [5.74, 6) is 0.972. The van der Waals surface area contributed by atoms with Crippen LogP contribution in [0.3, 0.4) is 0 Å². The minimum absolute atomic E-state index is 0.00483. The van der Waals surface area contributed by atoms with Crippen LogP contribution in [0, 0.1) is 34.0 Å². The van der Waals surface area contributed by atoms with E-state index in [0.29, 0.717) is 18.3 Å². The number of fused-ring (bicyclic) bond motifs is 3. The number of ether oxygens (including phenoxy) is 1. The van der Waals surface area contributed by atoms with E-state index in [1.54, 1.807) is 0 Å². The fraction of sp³-hybridized carbons (Fsp3) is 0.864. The van der Waals surface area contributed by atoms with E-state index in [0.717, 1.165) is 25.7 Å². The summed E-state index contributed by atoms with van der Waals surface area (Å²) >= 11 is 0. The van der Waals surface area contributed by atoms with Crippen molar-refractivity contribution in [2.24, 2.45) is 34.0 Å². The molecule has 0 aromatic rings. The summed E-state index contributed by atoms with van der Waals surface area (Å²) in [4.78, 5) is 11.6. The van der Waals surface area contributed by atoms with Crippen LogP contribution in [0.4, 0.5) is 0 Å². The van der Waals surface area contributed by atoms with Gasteiger partial charge in [-0.1, -0.05) is 25.5 Å². The van der Waals surface area contributed by atoms with Gasteiger partial charge in [-0.25, -0.2) is 0 Å². The molecule has 4 aliphatic carbocycles. The third kappa shape index (κ3) is 2.24. The van der Waals surface area contributed by atoms with Crippen molar-refractivity contribution in [3.63, 3.8) is 0 Å². The van der Waals surface area contributed by atoms with Crippen LogP contribution in [0.2, 0.25) is 0 Å².